The molecule has 4 rings (SSSR count). The van der Waals surface area contributed by atoms with Crippen LogP contribution in [-0.2, 0) is 17.8 Å². The maximum absolute atomic E-state index is 13.9. The lowest BCUT2D eigenvalue weighted by Crippen LogP contribution is -2.53. The number of nitrogens with one attached hydrogen (secondary N) is 1. The lowest BCUT2D eigenvalue weighted by molar-refractivity contribution is -0.131. The molecule has 172 valence electrons. The summed E-state index contributed by atoms with van der Waals surface area (Å²) in [5.74, 6) is -1.42. The summed E-state index contributed by atoms with van der Waals surface area (Å²) in [5.41, 5.74) is 1.57. The van der Waals surface area contributed by atoms with Crippen LogP contribution in [0, 0.1) is 11.6 Å². The van der Waals surface area contributed by atoms with Crippen LogP contribution in [0.25, 0.3) is 5.69 Å². The van der Waals surface area contributed by atoms with Crippen LogP contribution in [0.15, 0.2) is 54.9 Å². The molecule has 33 heavy (non-hydrogen) atoms. The first-order valence-corrected chi connectivity index (χ1v) is 10.8. The Morgan fingerprint density at radius 2 is 1.76 bits per heavy atom. The van der Waals surface area contributed by atoms with E-state index in [9.17, 15) is 18.4 Å². The number of nitrogens with zero attached hydrogens (tertiary/aromatic N) is 4. The van der Waals surface area contributed by atoms with Crippen LogP contribution in [-0.4, -0.2) is 57.7 Å². The minimum Gasteiger partial charge on any atom is -0.339 e. The predicted molar refractivity (Wildman–Crippen MR) is 119 cm³/mol. The van der Waals surface area contributed by atoms with Gasteiger partial charge in [-0.25, -0.2) is 18.3 Å². The highest BCUT2D eigenvalue weighted by Crippen LogP contribution is 2.17. The summed E-state index contributed by atoms with van der Waals surface area (Å²) in [6.45, 7) is 1.92. The van der Waals surface area contributed by atoms with Gasteiger partial charge in [0.2, 0.25) is 5.91 Å². The summed E-state index contributed by atoms with van der Waals surface area (Å²) in [6.07, 6.45) is 3.31. The van der Waals surface area contributed by atoms with E-state index in [4.69, 9.17) is 11.6 Å². The standard InChI is InChI=1S/C23H22ClF2N5O2/c24-19-4-2-1-3-17(19)11-22(32)29-7-9-30(10-8-29)23(33)27-13-16-14-28-31(15-16)21-6-5-18(25)12-20(21)26/h1-6,12,14-15H,7-11,13H2,(H,27,33). The van der Waals surface area contributed by atoms with E-state index in [1.165, 1.54) is 16.9 Å². The zero-order valence-corrected chi connectivity index (χ0v) is 18.4. The average molecular weight is 474 g/mol. The normalized spacial score (nSPS) is 13.8. The highest BCUT2D eigenvalue weighted by molar-refractivity contribution is 6.31. The highest BCUT2D eigenvalue weighted by Gasteiger charge is 2.24. The van der Waals surface area contributed by atoms with Crippen LogP contribution in [0.2, 0.25) is 5.02 Å². The number of amides is 3. The van der Waals surface area contributed by atoms with Crippen molar-refractivity contribution in [2.75, 3.05) is 26.2 Å². The Kier molecular flexibility index (Phi) is 6.88. The molecule has 1 fully saturated rings. The molecule has 0 radical (unpaired) electrons. The lowest BCUT2D eigenvalue weighted by Gasteiger charge is -2.34. The fourth-order valence-electron chi connectivity index (χ4n) is 3.62. The fourth-order valence-corrected chi connectivity index (χ4v) is 3.82. The molecule has 1 N–H and O–H groups in total. The Morgan fingerprint density at radius 3 is 2.48 bits per heavy atom. The average Bonchev–Trinajstić information content (AvgIpc) is 3.28. The van der Waals surface area contributed by atoms with Crippen molar-refractivity contribution >= 4 is 23.5 Å². The van der Waals surface area contributed by atoms with Crippen molar-refractivity contribution in [3.05, 3.63) is 82.6 Å². The monoisotopic (exact) mass is 473 g/mol. The molecule has 1 aromatic heterocycles. The number of urea groups is 1. The Hall–Kier alpha value is -3.46. The second-order valence-corrected chi connectivity index (χ2v) is 8.09. The van der Waals surface area contributed by atoms with E-state index >= 15 is 0 Å². The van der Waals surface area contributed by atoms with Crippen molar-refractivity contribution in [1.29, 1.82) is 0 Å². The van der Waals surface area contributed by atoms with Crippen molar-refractivity contribution in [1.82, 2.24) is 24.9 Å². The number of hydrogen-bond acceptors (Lipinski definition) is 3. The van der Waals surface area contributed by atoms with Crippen LogP contribution in [0.4, 0.5) is 13.6 Å². The van der Waals surface area contributed by atoms with Gasteiger partial charge in [-0.1, -0.05) is 29.8 Å². The summed E-state index contributed by atoms with van der Waals surface area (Å²) >= 11 is 6.14. The van der Waals surface area contributed by atoms with E-state index in [1.807, 2.05) is 18.2 Å². The molecular weight excluding hydrogens is 452 g/mol. The van der Waals surface area contributed by atoms with Gasteiger partial charge >= 0.3 is 6.03 Å². The third-order valence-corrected chi connectivity index (χ3v) is 5.82. The second kappa shape index (κ2) is 9.99. The van der Waals surface area contributed by atoms with E-state index < -0.39 is 11.6 Å². The zero-order chi connectivity index (χ0) is 23.4. The SMILES string of the molecule is O=C(Cc1ccccc1Cl)N1CCN(C(=O)NCc2cnn(-c3ccc(F)cc3F)c2)CC1. The summed E-state index contributed by atoms with van der Waals surface area (Å²) in [6, 6.07) is 10.2. The molecular formula is C23H22ClF2N5O2. The molecule has 10 heteroatoms. The van der Waals surface area contributed by atoms with Gasteiger partial charge in [0.05, 0.1) is 12.6 Å². The third-order valence-electron chi connectivity index (χ3n) is 5.46. The molecule has 2 aromatic carbocycles. The highest BCUT2D eigenvalue weighted by atomic mass is 35.5. The predicted octanol–water partition coefficient (Wildman–Crippen LogP) is 3.40. The first-order valence-electron chi connectivity index (χ1n) is 10.4. The minimum absolute atomic E-state index is 0.0244. The number of carbonyl (C=O) groups is 2. The molecule has 2 heterocycles. The smallest absolute Gasteiger partial charge is 0.317 e. The van der Waals surface area contributed by atoms with Gasteiger partial charge in [-0.05, 0) is 23.8 Å². The molecule has 7 nitrogen and oxygen atoms in total. The van der Waals surface area contributed by atoms with Crippen LogP contribution < -0.4 is 5.32 Å². The molecule has 3 aromatic rings. The van der Waals surface area contributed by atoms with Gasteiger partial charge in [0.15, 0.2) is 5.82 Å². The molecule has 3 amide bonds. The number of carbonyl (C=O) groups excluding carboxylic acids is 2. The molecule has 0 saturated carbocycles. The van der Waals surface area contributed by atoms with Crippen molar-refractivity contribution in [2.24, 2.45) is 0 Å². The minimum atomic E-state index is -0.726. The van der Waals surface area contributed by atoms with Crippen LogP contribution >= 0.6 is 11.6 Å². The maximum Gasteiger partial charge on any atom is 0.317 e. The quantitative estimate of drug-likeness (QED) is 0.617. The Labute approximate surface area is 194 Å². The number of aromatic nitrogens is 2. The summed E-state index contributed by atoms with van der Waals surface area (Å²) in [7, 11) is 0. The molecule has 1 aliphatic rings. The number of halogens is 3. The van der Waals surface area contributed by atoms with E-state index in [-0.39, 0.29) is 30.6 Å². The zero-order valence-electron chi connectivity index (χ0n) is 17.7. The van der Waals surface area contributed by atoms with E-state index in [1.54, 1.807) is 22.1 Å². The number of rotatable bonds is 5. The Bertz CT molecular complexity index is 1160. The molecule has 1 aliphatic heterocycles. The number of benzene rings is 2. The summed E-state index contributed by atoms with van der Waals surface area (Å²) in [4.78, 5) is 28.5. The van der Waals surface area contributed by atoms with Gasteiger partial charge < -0.3 is 15.1 Å². The first kappa shape index (κ1) is 22.7. The van der Waals surface area contributed by atoms with Gasteiger partial charge in [-0.2, -0.15) is 5.10 Å². The maximum atomic E-state index is 13.9. The van der Waals surface area contributed by atoms with Gasteiger partial charge in [0.1, 0.15) is 11.5 Å². The molecule has 1 saturated heterocycles. The lowest BCUT2D eigenvalue weighted by atomic mass is 10.1. The summed E-state index contributed by atoms with van der Waals surface area (Å²) < 4.78 is 28.3. The van der Waals surface area contributed by atoms with Crippen molar-refractivity contribution < 1.29 is 18.4 Å². The first-order chi connectivity index (χ1) is 15.9. The molecule has 0 spiro atoms. The molecule has 0 unspecified atom stereocenters. The number of hydrogen-bond donors (Lipinski definition) is 1. The third kappa shape index (κ3) is 5.48. The topological polar surface area (TPSA) is 70.5 Å². The fraction of sp³-hybridized carbons (Fsp3) is 0.261. The molecule has 0 bridgehead atoms. The van der Waals surface area contributed by atoms with Crippen molar-refractivity contribution in [2.45, 2.75) is 13.0 Å². The van der Waals surface area contributed by atoms with Crippen molar-refractivity contribution in [3.8, 4) is 5.69 Å². The van der Waals surface area contributed by atoms with E-state index in [2.05, 4.69) is 10.4 Å². The second-order valence-electron chi connectivity index (χ2n) is 7.68. The van der Waals surface area contributed by atoms with Gasteiger partial charge in [-0.3, -0.25) is 4.79 Å². The van der Waals surface area contributed by atoms with E-state index in [0.29, 0.717) is 36.8 Å². The Morgan fingerprint density at radius 1 is 1.03 bits per heavy atom. The van der Waals surface area contributed by atoms with Gasteiger partial charge in [0.25, 0.3) is 0 Å². The van der Waals surface area contributed by atoms with Crippen molar-refractivity contribution in [3.63, 3.8) is 0 Å². The summed E-state index contributed by atoms with van der Waals surface area (Å²) in [5, 5.41) is 7.44. The number of piperazine rings is 1. The van der Waals surface area contributed by atoms with Crippen LogP contribution in [0.1, 0.15) is 11.1 Å². The van der Waals surface area contributed by atoms with E-state index in [0.717, 1.165) is 17.7 Å². The van der Waals surface area contributed by atoms with Crippen LogP contribution in [0.3, 0.4) is 0 Å². The molecule has 0 atom stereocenters. The Balaban J connectivity index is 1.25. The van der Waals surface area contributed by atoms with Gasteiger partial charge in [-0.15, -0.1) is 0 Å². The van der Waals surface area contributed by atoms with Crippen LogP contribution in [0.5, 0.6) is 0 Å². The molecule has 0 aliphatic carbocycles. The van der Waals surface area contributed by atoms with Gasteiger partial charge in [0, 0.05) is 55.6 Å². The largest absolute Gasteiger partial charge is 0.339 e.